The molecule has 0 saturated carbocycles. The van der Waals surface area contributed by atoms with Gasteiger partial charge in [0.2, 0.25) is 0 Å². The maximum atomic E-state index is 5.97. The molecule has 1 aliphatic heterocycles. The van der Waals surface area contributed by atoms with Crippen molar-refractivity contribution < 1.29 is 4.74 Å². The molecule has 0 aliphatic carbocycles. The summed E-state index contributed by atoms with van der Waals surface area (Å²) in [5, 5.41) is 2.49. The van der Waals surface area contributed by atoms with Crippen molar-refractivity contribution in [2.75, 3.05) is 44.2 Å². The van der Waals surface area contributed by atoms with E-state index in [1.165, 1.54) is 16.5 Å². The van der Waals surface area contributed by atoms with Gasteiger partial charge in [-0.25, -0.2) is 0 Å². The molecule has 0 unspecified atom stereocenters. The Morgan fingerprint density at radius 1 is 0.815 bits per heavy atom. The molecule has 1 heterocycles. The second-order valence-electron chi connectivity index (χ2n) is 7.02. The quantitative estimate of drug-likeness (QED) is 0.506. The number of ether oxygens (including phenoxy) is 1. The number of hydrogen-bond donors (Lipinski definition) is 0. The first kappa shape index (κ1) is 18.3. The average molecular weight is 425 g/mol. The van der Waals surface area contributed by atoms with Crippen molar-refractivity contribution >= 4 is 32.4 Å². The Morgan fingerprint density at radius 3 is 2.33 bits per heavy atom. The van der Waals surface area contributed by atoms with Crippen LogP contribution in [0.25, 0.3) is 10.8 Å². The highest BCUT2D eigenvalue weighted by atomic mass is 79.9. The first-order valence-electron chi connectivity index (χ1n) is 9.62. The monoisotopic (exact) mass is 424 g/mol. The predicted molar refractivity (Wildman–Crippen MR) is 117 cm³/mol. The van der Waals surface area contributed by atoms with E-state index in [-0.39, 0.29) is 0 Å². The lowest BCUT2D eigenvalue weighted by Gasteiger charge is -2.36. The Kier molecular flexibility index (Phi) is 5.95. The Bertz CT molecular complexity index is 873. The highest BCUT2D eigenvalue weighted by Crippen LogP contribution is 2.21. The van der Waals surface area contributed by atoms with Gasteiger partial charge in [-0.1, -0.05) is 46.3 Å². The summed E-state index contributed by atoms with van der Waals surface area (Å²) in [5.74, 6) is 0.966. The molecule has 0 spiro atoms. The zero-order valence-corrected chi connectivity index (χ0v) is 17.1. The summed E-state index contributed by atoms with van der Waals surface area (Å²) in [6, 6.07) is 23.4. The smallest absolute Gasteiger partial charge is 0.119 e. The highest BCUT2D eigenvalue weighted by molar-refractivity contribution is 9.10. The van der Waals surface area contributed by atoms with E-state index in [0.717, 1.165) is 56.0 Å². The number of nitrogens with zero attached hydrogens (tertiary/aromatic N) is 2. The van der Waals surface area contributed by atoms with Gasteiger partial charge in [-0.05, 0) is 53.6 Å². The van der Waals surface area contributed by atoms with Crippen molar-refractivity contribution in [3.63, 3.8) is 0 Å². The summed E-state index contributed by atoms with van der Waals surface area (Å²) in [6.45, 7) is 6.28. The molecule has 4 heteroatoms. The van der Waals surface area contributed by atoms with Crippen LogP contribution < -0.4 is 9.64 Å². The fourth-order valence-electron chi connectivity index (χ4n) is 3.62. The number of piperazine rings is 1. The van der Waals surface area contributed by atoms with E-state index in [0.29, 0.717) is 0 Å². The van der Waals surface area contributed by atoms with Crippen LogP contribution >= 0.6 is 15.9 Å². The van der Waals surface area contributed by atoms with Crippen LogP contribution in [0.2, 0.25) is 0 Å². The number of benzene rings is 3. The van der Waals surface area contributed by atoms with Crippen LogP contribution in [0.15, 0.2) is 71.2 Å². The fourth-order valence-corrected chi connectivity index (χ4v) is 3.88. The highest BCUT2D eigenvalue weighted by Gasteiger charge is 2.16. The van der Waals surface area contributed by atoms with E-state index in [1.54, 1.807) is 0 Å². The van der Waals surface area contributed by atoms with Crippen LogP contribution in [0.3, 0.4) is 0 Å². The third kappa shape index (κ3) is 4.82. The maximum absolute atomic E-state index is 5.97. The molecule has 3 aromatic rings. The molecule has 0 aromatic heterocycles. The van der Waals surface area contributed by atoms with E-state index >= 15 is 0 Å². The molecule has 0 amide bonds. The summed E-state index contributed by atoms with van der Waals surface area (Å²) in [7, 11) is 0. The zero-order valence-electron chi connectivity index (χ0n) is 15.5. The van der Waals surface area contributed by atoms with Gasteiger partial charge >= 0.3 is 0 Å². The first-order valence-corrected chi connectivity index (χ1v) is 10.4. The van der Waals surface area contributed by atoms with Crippen molar-refractivity contribution in [2.45, 2.75) is 6.42 Å². The van der Waals surface area contributed by atoms with Gasteiger partial charge < -0.3 is 9.64 Å². The van der Waals surface area contributed by atoms with Crippen LogP contribution in [0.4, 0.5) is 5.69 Å². The minimum absolute atomic E-state index is 0.769. The summed E-state index contributed by atoms with van der Waals surface area (Å²) < 4.78 is 7.10. The number of halogens is 1. The zero-order chi connectivity index (χ0) is 18.5. The van der Waals surface area contributed by atoms with Crippen molar-refractivity contribution in [2.24, 2.45) is 0 Å². The Hall–Kier alpha value is -2.04. The minimum atomic E-state index is 0.769. The van der Waals surface area contributed by atoms with E-state index in [9.17, 15) is 0 Å². The number of rotatable bonds is 6. The maximum Gasteiger partial charge on any atom is 0.119 e. The molecule has 0 bridgehead atoms. The van der Waals surface area contributed by atoms with Gasteiger partial charge in [0.1, 0.15) is 5.75 Å². The molecular formula is C23H25BrN2O. The van der Waals surface area contributed by atoms with Crippen LogP contribution in [0.1, 0.15) is 6.42 Å². The Labute approximate surface area is 169 Å². The number of fused-ring (bicyclic) bond motifs is 1. The summed E-state index contributed by atoms with van der Waals surface area (Å²) >= 11 is 3.50. The van der Waals surface area contributed by atoms with Crippen LogP contribution in [-0.2, 0) is 0 Å². The van der Waals surface area contributed by atoms with Gasteiger partial charge in [0.05, 0.1) is 6.61 Å². The van der Waals surface area contributed by atoms with Crippen molar-refractivity contribution in [1.82, 2.24) is 4.90 Å². The van der Waals surface area contributed by atoms with Crippen molar-refractivity contribution in [3.05, 3.63) is 71.2 Å². The molecule has 1 aliphatic rings. The normalized spacial score (nSPS) is 15.2. The SMILES string of the molecule is Brc1ccc(N2CCN(CCCOc3ccc4ccccc4c3)CC2)cc1. The van der Waals surface area contributed by atoms with Gasteiger partial charge in [0.15, 0.2) is 0 Å². The van der Waals surface area contributed by atoms with E-state index in [4.69, 9.17) is 4.74 Å². The van der Waals surface area contributed by atoms with Crippen LogP contribution in [-0.4, -0.2) is 44.2 Å². The van der Waals surface area contributed by atoms with Gasteiger partial charge in [-0.15, -0.1) is 0 Å². The topological polar surface area (TPSA) is 15.7 Å². The fraction of sp³-hybridized carbons (Fsp3) is 0.304. The van der Waals surface area contributed by atoms with Gasteiger partial charge in [-0.2, -0.15) is 0 Å². The molecule has 0 radical (unpaired) electrons. The van der Waals surface area contributed by atoms with Crippen LogP contribution in [0, 0.1) is 0 Å². The number of anilines is 1. The molecule has 0 N–H and O–H groups in total. The second-order valence-corrected chi connectivity index (χ2v) is 7.93. The third-order valence-corrected chi connectivity index (χ3v) is 5.70. The van der Waals surface area contributed by atoms with Gasteiger partial charge in [0.25, 0.3) is 0 Å². The van der Waals surface area contributed by atoms with E-state index in [1.807, 2.05) is 0 Å². The standard InChI is InChI=1S/C23H25BrN2O/c24-21-7-9-22(10-8-21)26-15-13-25(14-16-26)12-3-17-27-23-11-6-19-4-1-2-5-20(19)18-23/h1-2,4-11,18H,3,12-17H2. The van der Waals surface area contributed by atoms with Gasteiger partial charge in [0, 0.05) is 42.9 Å². The summed E-state index contributed by atoms with van der Waals surface area (Å²) in [6.07, 6.45) is 1.06. The third-order valence-electron chi connectivity index (χ3n) is 5.17. The molecule has 1 saturated heterocycles. The summed E-state index contributed by atoms with van der Waals surface area (Å²) in [4.78, 5) is 5.01. The first-order chi connectivity index (χ1) is 13.3. The molecule has 3 aromatic carbocycles. The van der Waals surface area contributed by atoms with Gasteiger partial charge in [-0.3, -0.25) is 4.90 Å². The minimum Gasteiger partial charge on any atom is -0.494 e. The molecule has 140 valence electrons. The molecular weight excluding hydrogens is 400 g/mol. The molecule has 27 heavy (non-hydrogen) atoms. The van der Waals surface area contributed by atoms with Crippen molar-refractivity contribution in [1.29, 1.82) is 0 Å². The molecule has 1 fully saturated rings. The lowest BCUT2D eigenvalue weighted by molar-refractivity contribution is 0.225. The molecule has 3 nitrogen and oxygen atoms in total. The van der Waals surface area contributed by atoms with Crippen LogP contribution in [0.5, 0.6) is 5.75 Å². The molecule has 0 atom stereocenters. The van der Waals surface area contributed by atoms with E-state index < -0.39 is 0 Å². The molecule has 4 rings (SSSR count). The Balaban J connectivity index is 1.19. The largest absolute Gasteiger partial charge is 0.494 e. The van der Waals surface area contributed by atoms with E-state index in [2.05, 4.69) is 92.5 Å². The van der Waals surface area contributed by atoms with Crippen molar-refractivity contribution in [3.8, 4) is 5.75 Å². The Morgan fingerprint density at radius 2 is 1.56 bits per heavy atom. The predicted octanol–water partition coefficient (Wildman–Crippen LogP) is 5.19. The average Bonchev–Trinajstić information content (AvgIpc) is 2.72. The second kappa shape index (κ2) is 8.77. The lowest BCUT2D eigenvalue weighted by atomic mass is 10.1. The number of hydrogen-bond acceptors (Lipinski definition) is 3. The summed E-state index contributed by atoms with van der Waals surface area (Å²) in [5.41, 5.74) is 1.32. The lowest BCUT2D eigenvalue weighted by Crippen LogP contribution is -2.46.